The van der Waals surface area contributed by atoms with Crippen LogP contribution in [0.5, 0.6) is 5.75 Å². The van der Waals surface area contributed by atoms with Gasteiger partial charge < -0.3 is 15.1 Å². The van der Waals surface area contributed by atoms with Crippen molar-refractivity contribution in [3.8, 4) is 5.75 Å². The van der Waals surface area contributed by atoms with Crippen LogP contribution < -0.4 is 4.74 Å². The molecule has 5 heteroatoms. The van der Waals surface area contributed by atoms with E-state index < -0.39 is 11.7 Å². The van der Waals surface area contributed by atoms with Gasteiger partial charge in [0.15, 0.2) is 0 Å². The number of likely N-dealkylation sites (tertiary alicyclic amines) is 1. The van der Waals surface area contributed by atoms with Gasteiger partial charge in [-0.15, -0.1) is 0 Å². The molecule has 2 aliphatic heterocycles. The first-order valence-electron chi connectivity index (χ1n) is 7.88. The molecular formula is C17H24N2O3. The Kier molecular flexibility index (Phi) is 3.87. The summed E-state index contributed by atoms with van der Waals surface area (Å²) in [7, 11) is 0. The van der Waals surface area contributed by atoms with Gasteiger partial charge in [0.1, 0.15) is 17.5 Å². The molecule has 0 saturated carbocycles. The Balaban J connectivity index is 2.08. The van der Waals surface area contributed by atoms with Crippen molar-refractivity contribution >= 4 is 5.71 Å². The average molecular weight is 304 g/mol. The van der Waals surface area contributed by atoms with Crippen molar-refractivity contribution in [2.24, 2.45) is 5.16 Å². The largest absolute Gasteiger partial charge is 0.485 e. The van der Waals surface area contributed by atoms with Gasteiger partial charge in [0.05, 0.1) is 11.8 Å². The standard InChI is InChI=1S/C17H24N2O3/c1-11(18-21)12-6-7-14-13(10-12)15(19-8-4-5-9-19)16(20)17(2,3)22-14/h6-7,10,15-16,20-21H,4-5,8-9H2,1-3H3/t15-,16+/m1/s1. The van der Waals surface area contributed by atoms with E-state index in [0.29, 0.717) is 5.71 Å². The number of aliphatic hydroxyl groups excluding tert-OH is 1. The van der Waals surface area contributed by atoms with E-state index >= 15 is 0 Å². The maximum Gasteiger partial charge on any atom is 0.131 e. The van der Waals surface area contributed by atoms with Gasteiger partial charge in [0, 0.05) is 5.56 Å². The number of aliphatic hydroxyl groups is 1. The number of ether oxygens (including phenoxy) is 1. The minimum atomic E-state index is -0.623. The second-order valence-electron chi connectivity index (χ2n) is 6.78. The van der Waals surface area contributed by atoms with Gasteiger partial charge in [-0.2, -0.15) is 0 Å². The van der Waals surface area contributed by atoms with E-state index in [-0.39, 0.29) is 6.04 Å². The highest BCUT2D eigenvalue weighted by Crippen LogP contribution is 2.44. The summed E-state index contributed by atoms with van der Waals surface area (Å²) in [5.41, 5.74) is 1.76. The van der Waals surface area contributed by atoms with E-state index in [1.165, 1.54) is 0 Å². The van der Waals surface area contributed by atoms with Crippen molar-refractivity contribution < 1.29 is 15.1 Å². The van der Waals surface area contributed by atoms with Crippen LogP contribution in [0, 0.1) is 0 Å². The van der Waals surface area contributed by atoms with Gasteiger partial charge in [-0.1, -0.05) is 5.16 Å². The normalized spacial score (nSPS) is 28.3. The molecule has 1 aromatic carbocycles. The van der Waals surface area contributed by atoms with Gasteiger partial charge in [-0.3, -0.25) is 4.90 Å². The van der Waals surface area contributed by atoms with Crippen LogP contribution in [0.1, 0.15) is 50.8 Å². The SMILES string of the molecule is CC(=NO)c1ccc2c(c1)[C@@H](N1CCCC1)[C@H](O)C(C)(C)O2. The van der Waals surface area contributed by atoms with Crippen LogP contribution in [0.2, 0.25) is 0 Å². The second kappa shape index (κ2) is 5.56. The van der Waals surface area contributed by atoms with Crippen molar-refractivity contribution in [2.45, 2.75) is 51.4 Å². The van der Waals surface area contributed by atoms with Crippen LogP contribution in [-0.2, 0) is 0 Å². The average Bonchev–Trinajstić information content (AvgIpc) is 3.01. The molecule has 1 saturated heterocycles. The number of benzene rings is 1. The zero-order chi connectivity index (χ0) is 15.9. The van der Waals surface area contributed by atoms with Crippen LogP contribution in [-0.4, -0.2) is 45.7 Å². The topological polar surface area (TPSA) is 65.3 Å². The Morgan fingerprint density at radius 2 is 2.00 bits per heavy atom. The molecule has 0 unspecified atom stereocenters. The highest BCUT2D eigenvalue weighted by atomic mass is 16.5. The van der Waals surface area contributed by atoms with Crippen molar-refractivity contribution in [1.29, 1.82) is 0 Å². The number of hydrogen-bond acceptors (Lipinski definition) is 5. The van der Waals surface area contributed by atoms with Gasteiger partial charge in [-0.05, 0) is 70.5 Å². The predicted octanol–water partition coefficient (Wildman–Crippen LogP) is 2.55. The third-order valence-electron chi connectivity index (χ3n) is 4.81. The van der Waals surface area contributed by atoms with Gasteiger partial charge in [0.25, 0.3) is 0 Å². The summed E-state index contributed by atoms with van der Waals surface area (Å²) in [4.78, 5) is 2.34. The van der Waals surface area contributed by atoms with Crippen LogP contribution in [0.4, 0.5) is 0 Å². The Bertz CT molecular complexity index is 592. The zero-order valence-electron chi connectivity index (χ0n) is 13.4. The molecule has 3 rings (SSSR count). The lowest BCUT2D eigenvalue weighted by molar-refractivity contribution is -0.0895. The molecule has 0 radical (unpaired) electrons. The first-order valence-corrected chi connectivity index (χ1v) is 7.88. The molecule has 5 nitrogen and oxygen atoms in total. The van der Waals surface area contributed by atoms with E-state index in [1.807, 2.05) is 32.0 Å². The molecule has 2 N–H and O–H groups in total. The molecule has 1 aromatic rings. The quantitative estimate of drug-likeness (QED) is 0.501. The number of hydrogen-bond donors (Lipinski definition) is 2. The summed E-state index contributed by atoms with van der Waals surface area (Å²) in [5, 5.41) is 23.1. The molecule has 2 heterocycles. The van der Waals surface area contributed by atoms with Crippen LogP contribution in [0.15, 0.2) is 23.4 Å². The first-order chi connectivity index (χ1) is 10.4. The molecule has 0 amide bonds. The highest BCUT2D eigenvalue weighted by molar-refractivity contribution is 5.98. The van der Waals surface area contributed by atoms with E-state index in [4.69, 9.17) is 9.94 Å². The number of oxime groups is 1. The number of rotatable bonds is 2. The number of nitrogens with zero attached hydrogens (tertiary/aromatic N) is 2. The van der Waals surface area contributed by atoms with E-state index in [2.05, 4.69) is 10.1 Å². The van der Waals surface area contributed by atoms with Crippen LogP contribution in [0.25, 0.3) is 0 Å². The Morgan fingerprint density at radius 3 is 2.64 bits per heavy atom. The molecule has 120 valence electrons. The molecule has 0 aromatic heterocycles. The summed E-state index contributed by atoms with van der Waals surface area (Å²) in [6.07, 6.45) is 1.73. The Labute approximate surface area is 131 Å². The van der Waals surface area contributed by atoms with Crippen molar-refractivity contribution in [2.75, 3.05) is 13.1 Å². The fourth-order valence-corrected chi connectivity index (χ4v) is 3.47. The lowest BCUT2D eigenvalue weighted by Gasteiger charge is -2.45. The molecule has 22 heavy (non-hydrogen) atoms. The molecule has 1 fully saturated rings. The Morgan fingerprint density at radius 1 is 1.32 bits per heavy atom. The molecule has 0 spiro atoms. The fraction of sp³-hybridized carbons (Fsp3) is 0.588. The minimum absolute atomic E-state index is 0.0762. The lowest BCUT2D eigenvalue weighted by atomic mass is 9.84. The third kappa shape index (κ3) is 2.48. The lowest BCUT2D eigenvalue weighted by Crippen LogP contribution is -2.53. The molecule has 0 bridgehead atoms. The van der Waals surface area contributed by atoms with Gasteiger partial charge in [0.2, 0.25) is 0 Å². The van der Waals surface area contributed by atoms with Crippen molar-refractivity contribution in [3.63, 3.8) is 0 Å². The maximum absolute atomic E-state index is 10.8. The molecule has 0 aliphatic carbocycles. The zero-order valence-corrected chi connectivity index (χ0v) is 13.4. The van der Waals surface area contributed by atoms with Crippen molar-refractivity contribution in [1.82, 2.24) is 4.90 Å². The highest BCUT2D eigenvalue weighted by Gasteiger charge is 2.45. The van der Waals surface area contributed by atoms with E-state index in [1.54, 1.807) is 6.92 Å². The van der Waals surface area contributed by atoms with E-state index in [9.17, 15) is 5.11 Å². The Hall–Kier alpha value is -1.59. The summed E-state index contributed by atoms with van der Waals surface area (Å²) in [6.45, 7) is 7.61. The van der Waals surface area contributed by atoms with E-state index in [0.717, 1.165) is 42.8 Å². The summed E-state index contributed by atoms with van der Waals surface area (Å²) < 4.78 is 6.01. The molecule has 2 atom stereocenters. The maximum atomic E-state index is 10.8. The molecular weight excluding hydrogens is 280 g/mol. The monoisotopic (exact) mass is 304 g/mol. The first kappa shape index (κ1) is 15.3. The summed E-state index contributed by atoms with van der Waals surface area (Å²) in [6, 6.07) is 5.71. The van der Waals surface area contributed by atoms with Crippen LogP contribution in [0.3, 0.4) is 0 Å². The predicted molar refractivity (Wildman–Crippen MR) is 84.7 cm³/mol. The summed E-state index contributed by atoms with van der Waals surface area (Å²) >= 11 is 0. The third-order valence-corrected chi connectivity index (χ3v) is 4.81. The number of fused-ring (bicyclic) bond motifs is 1. The van der Waals surface area contributed by atoms with Crippen LogP contribution >= 0.6 is 0 Å². The van der Waals surface area contributed by atoms with Gasteiger partial charge in [-0.25, -0.2) is 0 Å². The minimum Gasteiger partial charge on any atom is -0.485 e. The van der Waals surface area contributed by atoms with Gasteiger partial charge >= 0.3 is 0 Å². The second-order valence-corrected chi connectivity index (χ2v) is 6.78. The summed E-state index contributed by atoms with van der Waals surface area (Å²) in [5.74, 6) is 0.807. The molecule has 2 aliphatic rings. The van der Waals surface area contributed by atoms with Crippen molar-refractivity contribution in [3.05, 3.63) is 29.3 Å². The fourth-order valence-electron chi connectivity index (χ4n) is 3.47. The smallest absolute Gasteiger partial charge is 0.131 e.